The summed E-state index contributed by atoms with van der Waals surface area (Å²) in [5, 5.41) is 2.86. The smallest absolute Gasteiger partial charge is 0.253 e. The molecule has 0 bridgehead atoms. The summed E-state index contributed by atoms with van der Waals surface area (Å²) < 4.78 is 0. The van der Waals surface area contributed by atoms with E-state index in [9.17, 15) is 4.79 Å². The number of nitrogens with one attached hydrogen (secondary N) is 1. The molecule has 2 aromatic rings. The number of nitrogens with zero attached hydrogens (tertiary/aromatic N) is 2. The van der Waals surface area contributed by atoms with Crippen LogP contribution in [0.5, 0.6) is 0 Å². The highest BCUT2D eigenvalue weighted by Gasteiger charge is 2.10. The van der Waals surface area contributed by atoms with Gasteiger partial charge in [-0.2, -0.15) is 0 Å². The Morgan fingerprint density at radius 3 is 2.89 bits per heavy atom. The molecular weight excluding hydrogens is 240 g/mol. The van der Waals surface area contributed by atoms with Crippen LogP contribution >= 0.6 is 0 Å². The number of amides is 1. The number of nitrogen functional groups attached to an aromatic ring is 1. The normalized spacial score (nSPS) is 10.2. The van der Waals surface area contributed by atoms with Gasteiger partial charge in [-0.05, 0) is 37.1 Å². The van der Waals surface area contributed by atoms with E-state index in [1.807, 2.05) is 13.0 Å². The summed E-state index contributed by atoms with van der Waals surface area (Å²) >= 11 is 0. The number of anilines is 1. The summed E-state index contributed by atoms with van der Waals surface area (Å²) in [6.07, 6.45) is 5.02. The van der Waals surface area contributed by atoms with Gasteiger partial charge >= 0.3 is 0 Å². The molecule has 0 aliphatic carbocycles. The van der Waals surface area contributed by atoms with Crippen molar-refractivity contribution in [3.8, 4) is 0 Å². The average molecular weight is 256 g/mol. The minimum absolute atomic E-state index is 0.173. The number of pyridine rings is 2. The van der Waals surface area contributed by atoms with Gasteiger partial charge in [0.25, 0.3) is 5.91 Å². The van der Waals surface area contributed by atoms with Gasteiger partial charge in [0, 0.05) is 18.9 Å². The van der Waals surface area contributed by atoms with Crippen LogP contribution in [-0.2, 0) is 6.54 Å². The summed E-state index contributed by atoms with van der Waals surface area (Å²) in [6, 6.07) is 3.52. The van der Waals surface area contributed by atoms with Crippen LogP contribution in [0.15, 0.2) is 30.7 Å². The largest absolute Gasteiger partial charge is 0.397 e. The SMILES string of the molecule is Cc1cnccc1CNC(=O)c1cc(N)cnc1C. The Morgan fingerprint density at radius 2 is 2.16 bits per heavy atom. The van der Waals surface area contributed by atoms with Gasteiger partial charge in [-0.25, -0.2) is 0 Å². The van der Waals surface area contributed by atoms with Gasteiger partial charge in [-0.1, -0.05) is 0 Å². The zero-order valence-electron chi connectivity index (χ0n) is 11.0. The monoisotopic (exact) mass is 256 g/mol. The van der Waals surface area contributed by atoms with Crippen molar-refractivity contribution in [2.45, 2.75) is 20.4 Å². The number of aromatic nitrogens is 2. The van der Waals surface area contributed by atoms with Gasteiger partial charge in [-0.3, -0.25) is 14.8 Å². The molecule has 0 fully saturated rings. The van der Waals surface area contributed by atoms with Gasteiger partial charge in [0.1, 0.15) is 0 Å². The Balaban J connectivity index is 2.10. The van der Waals surface area contributed by atoms with Crippen LogP contribution in [0.4, 0.5) is 5.69 Å². The van der Waals surface area contributed by atoms with Crippen LogP contribution in [0.1, 0.15) is 27.2 Å². The van der Waals surface area contributed by atoms with E-state index >= 15 is 0 Å². The van der Waals surface area contributed by atoms with Crippen LogP contribution < -0.4 is 11.1 Å². The third kappa shape index (κ3) is 3.07. The van der Waals surface area contributed by atoms with Crippen molar-refractivity contribution >= 4 is 11.6 Å². The molecule has 19 heavy (non-hydrogen) atoms. The maximum absolute atomic E-state index is 12.1. The van der Waals surface area contributed by atoms with E-state index in [1.165, 1.54) is 0 Å². The van der Waals surface area contributed by atoms with Gasteiger partial charge in [-0.15, -0.1) is 0 Å². The van der Waals surface area contributed by atoms with Gasteiger partial charge < -0.3 is 11.1 Å². The molecule has 5 nitrogen and oxygen atoms in total. The summed E-state index contributed by atoms with van der Waals surface area (Å²) in [5.41, 5.74) is 9.39. The Bertz CT molecular complexity index is 610. The fraction of sp³-hybridized carbons (Fsp3) is 0.214. The highest BCUT2D eigenvalue weighted by Crippen LogP contribution is 2.10. The van der Waals surface area contributed by atoms with Crippen molar-refractivity contribution in [2.75, 3.05) is 5.73 Å². The molecule has 0 atom stereocenters. The molecule has 0 saturated carbocycles. The van der Waals surface area contributed by atoms with Crippen molar-refractivity contribution in [1.82, 2.24) is 15.3 Å². The number of aryl methyl sites for hydroxylation is 2. The summed E-state index contributed by atoms with van der Waals surface area (Å²) in [4.78, 5) is 20.2. The number of carbonyl (C=O) groups is 1. The first-order valence-electron chi connectivity index (χ1n) is 5.97. The number of hydrogen-bond donors (Lipinski definition) is 2. The molecule has 2 rings (SSSR count). The molecular formula is C14H16N4O. The van der Waals surface area contributed by atoms with Crippen molar-refractivity contribution in [1.29, 1.82) is 0 Å². The number of nitrogens with two attached hydrogens (primary N) is 1. The Morgan fingerprint density at radius 1 is 1.37 bits per heavy atom. The maximum Gasteiger partial charge on any atom is 0.253 e. The molecule has 0 aromatic carbocycles. The standard InChI is InChI=1S/C14H16N4O/c1-9-6-16-4-3-11(9)7-18-14(19)13-5-12(15)8-17-10(13)2/h3-6,8H,7,15H2,1-2H3,(H,18,19). The second-order valence-electron chi connectivity index (χ2n) is 4.39. The van der Waals surface area contributed by atoms with E-state index in [0.717, 1.165) is 11.1 Å². The van der Waals surface area contributed by atoms with Crippen LogP contribution in [0, 0.1) is 13.8 Å². The lowest BCUT2D eigenvalue weighted by Crippen LogP contribution is -2.24. The van der Waals surface area contributed by atoms with Crippen molar-refractivity contribution < 1.29 is 4.79 Å². The maximum atomic E-state index is 12.1. The lowest BCUT2D eigenvalue weighted by atomic mass is 10.1. The highest BCUT2D eigenvalue weighted by atomic mass is 16.1. The summed E-state index contributed by atoms with van der Waals surface area (Å²) in [6.45, 7) is 4.20. The fourth-order valence-corrected chi connectivity index (χ4v) is 1.75. The molecule has 0 aliphatic rings. The van der Waals surface area contributed by atoms with Gasteiger partial charge in [0.15, 0.2) is 0 Å². The molecule has 3 N–H and O–H groups in total. The predicted molar refractivity (Wildman–Crippen MR) is 73.5 cm³/mol. The molecule has 98 valence electrons. The molecule has 2 aromatic heterocycles. The molecule has 0 saturated heterocycles. The second-order valence-corrected chi connectivity index (χ2v) is 4.39. The number of rotatable bonds is 3. The molecule has 0 spiro atoms. The predicted octanol–water partition coefficient (Wildman–Crippen LogP) is 1.61. The number of carbonyl (C=O) groups excluding carboxylic acids is 1. The van der Waals surface area contributed by atoms with E-state index in [4.69, 9.17) is 5.73 Å². The van der Waals surface area contributed by atoms with E-state index in [0.29, 0.717) is 23.5 Å². The Kier molecular flexibility index (Phi) is 3.75. The van der Waals surface area contributed by atoms with Gasteiger partial charge in [0.2, 0.25) is 0 Å². The van der Waals surface area contributed by atoms with Crippen LogP contribution in [-0.4, -0.2) is 15.9 Å². The van der Waals surface area contributed by atoms with E-state index in [-0.39, 0.29) is 5.91 Å². The molecule has 1 amide bonds. The molecule has 0 radical (unpaired) electrons. The Hall–Kier alpha value is -2.43. The van der Waals surface area contributed by atoms with Gasteiger partial charge in [0.05, 0.1) is 23.1 Å². The first-order chi connectivity index (χ1) is 9.08. The molecule has 5 heteroatoms. The van der Waals surface area contributed by atoms with Crippen LogP contribution in [0.3, 0.4) is 0 Å². The molecule has 2 heterocycles. The minimum Gasteiger partial charge on any atom is -0.397 e. The van der Waals surface area contributed by atoms with Crippen LogP contribution in [0.2, 0.25) is 0 Å². The topological polar surface area (TPSA) is 80.9 Å². The Labute approximate surface area is 111 Å². The average Bonchev–Trinajstić information content (AvgIpc) is 2.40. The number of hydrogen-bond acceptors (Lipinski definition) is 4. The summed E-state index contributed by atoms with van der Waals surface area (Å²) in [5.74, 6) is -0.173. The molecule has 0 aliphatic heterocycles. The van der Waals surface area contributed by atoms with Crippen molar-refractivity contribution in [3.63, 3.8) is 0 Å². The second kappa shape index (κ2) is 5.48. The first kappa shape index (κ1) is 13.0. The third-order valence-electron chi connectivity index (χ3n) is 2.93. The fourth-order valence-electron chi connectivity index (χ4n) is 1.75. The lowest BCUT2D eigenvalue weighted by molar-refractivity contribution is 0.0950. The quantitative estimate of drug-likeness (QED) is 0.874. The highest BCUT2D eigenvalue weighted by molar-refractivity contribution is 5.95. The molecule has 0 unspecified atom stereocenters. The minimum atomic E-state index is -0.173. The first-order valence-corrected chi connectivity index (χ1v) is 5.97. The van der Waals surface area contributed by atoms with E-state index in [2.05, 4.69) is 15.3 Å². The van der Waals surface area contributed by atoms with E-state index in [1.54, 1.807) is 31.6 Å². The summed E-state index contributed by atoms with van der Waals surface area (Å²) in [7, 11) is 0. The lowest BCUT2D eigenvalue weighted by Gasteiger charge is -2.09. The zero-order valence-corrected chi connectivity index (χ0v) is 11.0. The van der Waals surface area contributed by atoms with E-state index < -0.39 is 0 Å². The van der Waals surface area contributed by atoms with Crippen molar-refractivity contribution in [2.24, 2.45) is 0 Å². The third-order valence-corrected chi connectivity index (χ3v) is 2.93. The zero-order chi connectivity index (χ0) is 13.8. The van der Waals surface area contributed by atoms with Crippen molar-refractivity contribution in [3.05, 3.63) is 53.1 Å². The van der Waals surface area contributed by atoms with Crippen LogP contribution in [0.25, 0.3) is 0 Å².